The molecule has 0 saturated carbocycles. The van der Waals surface area contributed by atoms with E-state index in [9.17, 15) is 4.79 Å². The molecule has 0 radical (unpaired) electrons. The molecular weight excluding hydrogens is 250 g/mol. The van der Waals surface area contributed by atoms with E-state index in [2.05, 4.69) is 4.98 Å². The first kappa shape index (κ1) is 12.6. The highest BCUT2D eigenvalue weighted by Crippen LogP contribution is 2.25. The Labute approximate surface area is 110 Å². The van der Waals surface area contributed by atoms with E-state index in [-0.39, 0.29) is 5.78 Å². The summed E-state index contributed by atoms with van der Waals surface area (Å²) in [5.41, 5.74) is 1.82. The number of pyridine rings is 1. The van der Waals surface area contributed by atoms with Gasteiger partial charge >= 0.3 is 0 Å². The summed E-state index contributed by atoms with van der Waals surface area (Å²) in [6.45, 7) is 1.84. The number of nitrogens with zero attached hydrogens (tertiary/aromatic N) is 1. The zero-order valence-corrected chi connectivity index (χ0v) is 10.9. The number of ketones is 1. The summed E-state index contributed by atoms with van der Waals surface area (Å²) in [6, 6.07) is 8.40. The Balaban J connectivity index is 2.48. The average Bonchev–Trinajstić information content (AvgIpc) is 2.38. The molecule has 0 bridgehead atoms. The molecule has 92 valence electrons. The Morgan fingerprint density at radius 2 is 2.06 bits per heavy atom. The van der Waals surface area contributed by atoms with Crippen molar-refractivity contribution in [3.05, 3.63) is 58.4 Å². The average molecular weight is 262 g/mol. The molecule has 2 aromatic rings. The van der Waals surface area contributed by atoms with Crippen LogP contribution in [0.4, 0.5) is 0 Å². The van der Waals surface area contributed by atoms with Crippen LogP contribution in [0.3, 0.4) is 0 Å². The molecule has 1 aromatic carbocycles. The van der Waals surface area contributed by atoms with Gasteiger partial charge in [0.1, 0.15) is 5.75 Å². The Morgan fingerprint density at radius 3 is 2.72 bits per heavy atom. The fraction of sp³-hybridized carbons (Fsp3) is 0.143. The molecule has 0 N–H and O–H groups in total. The monoisotopic (exact) mass is 261 g/mol. The second kappa shape index (κ2) is 5.19. The number of rotatable bonds is 3. The standard InChI is InChI=1S/C14H12ClNO2/c1-9-7-10(5-6-16-9)14(17)12-8-11(15)3-4-13(12)18-2/h3-8H,1-2H3. The number of carbonyl (C=O) groups is 1. The van der Waals surface area contributed by atoms with Gasteiger partial charge in [0.25, 0.3) is 0 Å². The summed E-state index contributed by atoms with van der Waals surface area (Å²) in [6.07, 6.45) is 1.61. The van der Waals surface area contributed by atoms with Crippen molar-refractivity contribution in [3.63, 3.8) is 0 Å². The molecule has 0 saturated heterocycles. The molecule has 0 aliphatic carbocycles. The second-order valence-corrected chi connectivity index (χ2v) is 4.30. The van der Waals surface area contributed by atoms with Crippen molar-refractivity contribution in [1.29, 1.82) is 0 Å². The van der Waals surface area contributed by atoms with Crippen LogP contribution < -0.4 is 4.74 Å². The van der Waals surface area contributed by atoms with Crippen LogP contribution in [-0.4, -0.2) is 17.9 Å². The van der Waals surface area contributed by atoms with Crippen molar-refractivity contribution in [2.75, 3.05) is 7.11 Å². The summed E-state index contributed by atoms with van der Waals surface area (Å²) in [5.74, 6) is 0.388. The second-order valence-electron chi connectivity index (χ2n) is 3.86. The smallest absolute Gasteiger partial charge is 0.196 e. The summed E-state index contributed by atoms with van der Waals surface area (Å²) in [7, 11) is 1.53. The van der Waals surface area contributed by atoms with Crippen molar-refractivity contribution in [2.45, 2.75) is 6.92 Å². The van der Waals surface area contributed by atoms with Crippen LogP contribution in [0, 0.1) is 6.92 Å². The van der Waals surface area contributed by atoms with Crippen molar-refractivity contribution in [3.8, 4) is 5.75 Å². The van der Waals surface area contributed by atoms with Crippen LogP contribution in [0.15, 0.2) is 36.5 Å². The lowest BCUT2D eigenvalue weighted by atomic mass is 10.0. The first-order valence-electron chi connectivity index (χ1n) is 5.42. The number of aryl methyl sites for hydroxylation is 1. The summed E-state index contributed by atoms with van der Waals surface area (Å²) < 4.78 is 5.18. The first-order valence-corrected chi connectivity index (χ1v) is 5.80. The summed E-state index contributed by atoms with van der Waals surface area (Å²) >= 11 is 5.92. The maximum absolute atomic E-state index is 12.4. The quantitative estimate of drug-likeness (QED) is 0.796. The third-order valence-corrected chi connectivity index (χ3v) is 2.80. The molecule has 0 atom stereocenters. The lowest BCUT2D eigenvalue weighted by Crippen LogP contribution is -2.04. The molecule has 0 fully saturated rings. The van der Waals surface area contributed by atoms with E-state index in [0.717, 1.165) is 5.69 Å². The Hall–Kier alpha value is -1.87. The van der Waals surface area contributed by atoms with Gasteiger partial charge in [-0.1, -0.05) is 11.6 Å². The third kappa shape index (κ3) is 2.51. The van der Waals surface area contributed by atoms with Gasteiger partial charge in [-0.2, -0.15) is 0 Å². The number of methoxy groups -OCH3 is 1. The van der Waals surface area contributed by atoms with Gasteiger partial charge < -0.3 is 4.74 Å². The largest absolute Gasteiger partial charge is 0.496 e. The number of hydrogen-bond acceptors (Lipinski definition) is 3. The van der Waals surface area contributed by atoms with Crippen LogP contribution in [0.25, 0.3) is 0 Å². The van der Waals surface area contributed by atoms with Crippen LogP contribution in [0.5, 0.6) is 5.75 Å². The molecule has 1 aromatic heterocycles. The lowest BCUT2D eigenvalue weighted by molar-refractivity contribution is 0.103. The number of aromatic nitrogens is 1. The first-order chi connectivity index (χ1) is 8.61. The molecule has 0 aliphatic heterocycles. The number of hydrogen-bond donors (Lipinski definition) is 0. The van der Waals surface area contributed by atoms with E-state index in [4.69, 9.17) is 16.3 Å². The molecule has 0 unspecified atom stereocenters. The molecule has 3 nitrogen and oxygen atoms in total. The van der Waals surface area contributed by atoms with Crippen molar-refractivity contribution < 1.29 is 9.53 Å². The zero-order valence-electron chi connectivity index (χ0n) is 10.1. The molecule has 0 amide bonds. The number of ether oxygens (including phenoxy) is 1. The van der Waals surface area contributed by atoms with Crippen molar-refractivity contribution >= 4 is 17.4 Å². The molecule has 0 spiro atoms. The molecular formula is C14H12ClNO2. The predicted octanol–water partition coefficient (Wildman–Crippen LogP) is 3.28. The van der Waals surface area contributed by atoms with Crippen LogP contribution in [0.1, 0.15) is 21.6 Å². The van der Waals surface area contributed by atoms with E-state index in [1.54, 1.807) is 36.5 Å². The van der Waals surface area contributed by atoms with Crippen LogP contribution in [-0.2, 0) is 0 Å². The number of carbonyl (C=O) groups excluding carboxylic acids is 1. The minimum atomic E-state index is -0.125. The minimum Gasteiger partial charge on any atom is -0.496 e. The molecule has 4 heteroatoms. The van der Waals surface area contributed by atoms with Gasteiger partial charge in [-0.05, 0) is 37.3 Å². The van der Waals surface area contributed by atoms with Gasteiger partial charge in [0.2, 0.25) is 0 Å². The van der Waals surface area contributed by atoms with Crippen molar-refractivity contribution in [1.82, 2.24) is 4.98 Å². The van der Waals surface area contributed by atoms with E-state index < -0.39 is 0 Å². The highest BCUT2D eigenvalue weighted by molar-refractivity contribution is 6.31. The molecule has 2 rings (SSSR count). The van der Waals surface area contributed by atoms with Crippen molar-refractivity contribution in [2.24, 2.45) is 0 Å². The maximum atomic E-state index is 12.4. The summed E-state index contributed by atoms with van der Waals surface area (Å²) in [4.78, 5) is 16.4. The fourth-order valence-corrected chi connectivity index (χ4v) is 1.87. The Morgan fingerprint density at radius 1 is 1.28 bits per heavy atom. The lowest BCUT2D eigenvalue weighted by Gasteiger charge is -2.08. The molecule has 0 aliphatic rings. The topological polar surface area (TPSA) is 39.2 Å². The van der Waals surface area contributed by atoms with E-state index in [0.29, 0.717) is 21.9 Å². The number of benzene rings is 1. The van der Waals surface area contributed by atoms with Gasteiger partial charge in [0, 0.05) is 22.5 Å². The zero-order chi connectivity index (χ0) is 13.1. The highest BCUT2D eigenvalue weighted by Gasteiger charge is 2.15. The molecule has 18 heavy (non-hydrogen) atoms. The fourth-order valence-electron chi connectivity index (χ4n) is 1.70. The normalized spacial score (nSPS) is 10.2. The van der Waals surface area contributed by atoms with Crippen LogP contribution in [0.2, 0.25) is 5.02 Å². The van der Waals surface area contributed by atoms with Gasteiger partial charge in [-0.15, -0.1) is 0 Å². The van der Waals surface area contributed by atoms with Gasteiger partial charge in [-0.3, -0.25) is 9.78 Å². The van der Waals surface area contributed by atoms with E-state index in [1.165, 1.54) is 7.11 Å². The maximum Gasteiger partial charge on any atom is 0.196 e. The molecule has 1 heterocycles. The van der Waals surface area contributed by atoms with Gasteiger partial charge in [-0.25, -0.2) is 0 Å². The Bertz CT molecular complexity index is 596. The number of halogens is 1. The van der Waals surface area contributed by atoms with Gasteiger partial charge in [0.15, 0.2) is 5.78 Å². The minimum absolute atomic E-state index is 0.125. The third-order valence-electron chi connectivity index (χ3n) is 2.56. The van der Waals surface area contributed by atoms with E-state index >= 15 is 0 Å². The predicted molar refractivity (Wildman–Crippen MR) is 70.4 cm³/mol. The van der Waals surface area contributed by atoms with E-state index in [1.807, 2.05) is 6.92 Å². The highest BCUT2D eigenvalue weighted by atomic mass is 35.5. The van der Waals surface area contributed by atoms with Gasteiger partial charge in [0.05, 0.1) is 12.7 Å². The van der Waals surface area contributed by atoms with Crippen LogP contribution >= 0.6 is 11.6 Å². The Kier molecular flexibility index (Phi) is 3.63. The summed E-state index contributed by atoms with van der Waals surface area (Å²) in [5, 5.41) is 0.505. The SMILES string of the molecule is COc1ccc(Cl)cc1C(=O)c1ccnc(C)c1.